The maximum absolute atomic E-state index is 5.57. The van der Waals surface area contributed by atoms with Gasteiger partial charge in [-0.2, -0.15) is 0 Å². The minimum atomic E-state index is -0.0289. The topological polar surface area (TPSA) is 9.23 Å². The first-order chi connectivity index (χ1) is 3.39. The minimum absolute atomic E-state index is 0.0289. The summed E-state index contributed by atoms with van der Waals surface area (Å²) in [6.45, 7) is 0. The molecular formula is C4H7ClOS. The fraction of sp³-hybridized carbons (Fsp3) is 1.00. The van der Waals surface area contributed by atoms with E-state index >= 15 is 0 Å². The van der Waals surface area contributed by atoms with Crippen LogP contribution in [0.4, 0.5) is 0 Å². The average Bonchev–Trinajstić information content (AvgIpc) is 1.69. The first kappa shape index (κ1) is 5.73. The van der Waals surface area contributed by atoms with Crippen molar-refractivity contribution in [2.24, 2.45) is 0 Å². The second-order valence-corrected chi connectivity index (χ2v) is 2.79. The first-order valence-corrected chi connectivity index (χ1v) is 3.66. The maximum Gasteiger partial charge on any atom is 0.145 e. The van der Waals surface area contributed by atoms with Gasteiger partial charge in [-0.1, -0.05) is 11.6 Å². The summed E-state index contributed by atoms with van der Waals surface area (Å²) >= 11 is 7.04. The minimum Gasteiger partial charge on any atom is -0.296 e. The third-order valence-corrected chi connectivity index (χ3v) is 2.07. The molecule has 0 spiro atoms. The third-order valence-electron chi connectivity index (χ3n) is 0.831. The van der Waals surface area contributed by atoms with E-state index in [1.54, 1.807) is 0 Å². The van der Waals surface area contributed by atoms with Crippen molar-refractivity contribution in [2.45, 2.75) is 18.4 Å². The maximum atomic E-state index is 5.57. The molecule has 1 aliphatic heterocycles. The Bertz CT molecular complexity index is 53.7. The summed E-state index contributed by atoms with van der Waals surface area (Å²) in [5.74, 6) is 1.10. The van der Waals surface area contributed by atoms with Crippen LogP contribution in [0.1, 0.15) is 12.8 Å². The molecule has 1 unspecified atom stereocenters. The zero-order chi connectivity index (χ0) is 5.11. The third kappa shape index (κ3) is 1.89. The monoisotopic (exact) mass is 138 g/mol. The predicted molar refractivity (Wildman–Crippen MR) is 32.4 cm³/mol. The lowest BCUT2D eigenvalue weighted by atomic mass is 10.4. The molecule has 1 saturated heterocycles. The largest absolute Gasteiger partial charge is 0.296 e. The zero-order valence-corrected chi connectivity index (χ0v) is 5.47. The summed E-state index contributed by atoms with van der Waals surface area (Å²) < 4.78 is 4.96. The second kappa shape index (κ2) is 2.80. The molecule has 1 heterocycles. The Hall–Kier alpha value is 0.600. The summed E-state index contributed by atoms with van der Waals surface area (Å²) in [6.07, 6.45) is 2.20. The van der Waals surface area contributed by atoms with E-state index in [1.807, 2.05) is 0 Å². The molecule has 0 saturated carbocycles. The van der Waals surface area contributed by atoms with Gasteiger partial charge in [0.05, 0.1) is 0 Å². The van der Waals surface area contributed by atoms with Gasteiger partial charge in [-0.3, -0.25) is 4.18 Å². The van der Waals surface area contributed by atoms with Crippen LogP contribution in [0.25, 0.3) is 0 Å². The molecule has 0 aromatic heterocycles. The van der Waals surface area contributed by atoms with Crippen LogP contribution >= 0.6 is 23.6 Å². The standard InChI is InChI=1S/C4H7ClOS/c5-4-2-1-3-7-6-4/h4H,1-3H2. The summed E-state index contributed by atoms with van der Waals surface area (Å²) in [4.78, 5) is 0. The summed E-state index contributed by atoms with van der Waals surface area (Å²) in [5.41, 5.74) is -0.0289. The molecule has 1 nitrogen and oxygen atoms in total. The molecule has 1 fully saturated rings. The summed E-state index contributed by atoms with van der Waals surface area (Å²) in [5, 5.41) is 0. The van der Waals surface area contributed by atoms with Gasteiger partial charge in [0.1, 0.15) is 5.56 Å². The SMILES string of the molecule is ClC1CCCSO1. The van der Waals surface area contributed by atoms with Gasteiger partial charge in [0, 0.05) is 5.75 Å². The number of hydrogen-bond donors (Lipinski definition) is 0. The van der Waals surface area contributed by atoms with Crippen molar-refractivity contribution in [1.29, 1.82) is 0 Å². The van der Waals surface area contributed by atoms with Gasteiger partial charge in [0.2, 0.25) is 0 Å². The van der Waals surface area contributed by atoms with Gasteiger partial charge >= 0.3 is 0 Å². The Morgan fingerprint density at radius 2 is 2.57 bits per heavy atom. The van der Waals surface area contributed by atoms with E-state index in [0.29, 0.717) is 0 Å². The molecule has 42 valence electrons. The Kier molecular flexibility index (Phi) is 2.29. The van der Waals surface area contributed by atoms with Gasteiger partial charge in [0.25, 0.3) is 0 Å². The fourth-order valence-electron chi connectivity index (χ4n) is 0.473. The van der Waals surface area contributed by atoms with E-state index in [-0.39, 0.29) is 5.56 Å². The van der Waals surface area contributed by atoms with Gasteiger partial charge in [-0.05, 0) is 24.9 Å². The van der Waals surface area contributed by atoms with Crippen LogP contribution < -0.4 is 0 Å². The summed E-state index contributed by atoms with van der Waals surface area (Å²) in [6, 6.07) is 0. The number of hydrogen-bond acceptors (Lipinski definition) is 2. The second-order valence-electron chi connectivity index (χ2n) is 1.47. The lowest BCUT2D eigenvalue weighted by molar-refractivity contribution is 0.302. The predicted octanol–water partition coefficient (Wildman–Crippen LogP) is 2.01. The van der Waals surface area contributed by atoms with Gasteiger partial charge in [-0.25, -0.2) is 0 Å². The molecule has 1 rings (SSSR count). The van der Waals surface area contributed by atoms with Crippen molar-refractivity contribution in [3.63, 3.8) is 0 Å². The molecule has 0 amide bonds. The molecule has 0 aromatic carbocycles. The van der Waals surface area contributed by atoms with Crippen LogP contribution in [0.3, 0.4) is 0 Å². The lowest BCUT2D eigenvalue weighted by Crippen LogP contribution is -2.05. The smallest absolute Gasteiger partial charge is 0.145 e. The van der Waals surface area contributed by atoms with Crippen molar-refractivity contribution in [3.05, 3.63) is 0 Å². The van der Waals surface area contributed by atoms with Crippen molar-refractivity contribution in [3.8, 4) is 0 Å². The molecule has 1 aliphatic rings. The van der Waals surface area contributed by atoms with Crippen molar-refractivity contribution in [1.82, 2.24) is 0 Å². The Labute approximate surface area is 52.6 Å². The van der Waals surface area contributed by atoms with Crippen LogP contribution in [0.15, 0.2) is 0 Å². The first-order valence-electron chi connectivity index (χ1n) is 2.32. The highest BCUT2D eigenvalue weighted by molar-refractivity contribution is 7.94. The highest BCUT2D eigenvalue weighted by Gasteiger charge is 2.09. The van der Waals surface area contributed by atoms with E-state index in [1.165, 1.54) is 18.5 Å². The molecule has 0 bridgehead atoms. The molecule has 3 heteroatoms. The Balaban J connectivity index is 2.12. The molecule has 0 N–H and O–H groups in total. The summed E-state index contributed by atoms with van der Waals surface area (Å²) in [7, 11) is 0. The van der Waals surface area contributed by atoms with Gasteiger partial charge < -0.3 is 0 Å². The Morgan fingerprint density at radius 3 is 2.86 bits per heavy atom. The van der Waals surface area contributed by atoms with Crippen LogP contribution in [-0.2, 0) is 4.18 Å². The van der Waals surface area contributed by atoms with E-state index in [0.717, 1.165) is 12.2 Å². The van der Waals surface area contributed by atoms with Crippen molar-refractivity contribution >= 4 is 23.6 Å². The quantitative estimate of drug-likeness (QED) is 0.374. The van der Waals surface area contributed by atoms with Crippen LogP contribution in [0.5, 0.6) is 0 Å². The molecule has 0 aliphatic carbocycles. The van der Waals surface area contributed by atoms with Crippen molar-refractivity contribution in [2.75, 3.05) is 5.75 Å². The number of halogens is 1. The molecule has 0 radical (unpaired) electrons. The number of alkyl halides is 1. The number of rotatable bonds is 0. The van der Waals surface area contributed by atoms with E-state index in [2.05, 4.69) is 0 Å². The van der Waals surface area contributed by atoms with Gasteiger partial charge in [0.15, 0.2) is 0 Å². The van der Waals surface area contributed by atoms with Crippen LogP contribution in [0.2, 0.25) is 0 Å². The van der Waals surface area contributed by atoms with E-state index in [4.69, 9.17) is 15.8 Å². The molecule has 1 atom stereocenters. The molecule has 7 heavy (non-hydrogen) atoms. The Morgan fingerprint density at radius 1 is 1.71 bits per heavy atom. The highest BCUT2D eigenvalue weighted by atomic mass is 35.5. The lowest BCUT2D eigenvalue weighted by Gasteiger charge is -2.13. The van der Waals surface area contributed by atoms with Crippen molar-refractivity contribution < 1.29 is 4.18 Å². The molecule has 0 aromatic rings. The van der Waals surface area contributed by atoms with E-state index < -0.39 is 0 Å². The average molecular weight is 139 g/mol. The highest BCUT2D eigenvalue weighted by Crippen LogP contribution is 2.22. The van der Waals surface area contributed by atoms with Gasteiger partial charge in [-0.15, -0.1) is 0 Å². The zero-order valence-electron chi connectivity index (χ0n) is 3.89. The normalized spacial score (nSPS) is 33.0. The van der Waals surface area contributed by atoms with E-state index in [9.17, 15) is 0 Å². The fourth-order valence-corrected chi connectivity index (χ4v) is 1.41. The van der Waals surface area contributed by atoms with Crippen LogP contribution in [0, 0.1) is 0 Å². The molecular weight excluding hydrogens is 132 g/mol. The van der Waals surface area contributed by atoms with Crippen LogP contribution in [-0.4, -0.2) is 11.3 Å².